The van der Waals surface area contributed by atoms with Gasteiger partial charge < -0.3 is 16.2 Å². The van der Waals surface area contributed by atoms with Gasteiger partial charge in [-0.05, 0) is 11.1 Å². The van der Waals surface area contributed by atoms with Crippen molar-refractivity contribution in [1.82, 2.24) is 15.6 Å². The summed E-state index contributed by atoms with van der Waals surface area (Å²) in [6.07, 6.45) is -0.225. The molecule has 2 aliphatic heterocycles. The molecule has 0 saturated carbocycles. The van der Waals surface area contributed by atoms with Crippen molar-refractivity contribution in [3.8, 4) is 0 Å². The fourth-order valence-corrected chi connectivity index (χ4v) is 4.46. The van der Waals surface area contributed by atoms with Crippen LogP contribution in [0.3, 0.4) is 0 Å². The Morgan fingerprint density at radius 1 is 1.29 bits per heavy atom. The van der Waals surface area contributed by atoms with Crippen molar-refractivity contribution in [3.63, 3.8) is 0 Å². The fourth-order valence-electron chi connectivity index (χ4n) is 3.12. The van der Waals surface area contributed by atoms with Gasteiger partial charge in [-0.15, -0.1) is 11.8 Å². The number of hydrogen-bond donors (Lipinski definition) is 5. The number of nitrogens with one attached hydrogen (secondary N) is 2. The van der Waals surface area contributed by atoms with Crippen LogP contribution in [0.5, 0.6) is 0 Å². The van der Waals surface area contributed by atoms with Crippen LogP contribution in [0.2, 0.25) is 0 Å². The molecule has 0 aromatic heterocycles. The molecule has 0 spiro atoms. The van der Waals surface area contributed by atoms with E-state index in [0.717, 1.165) is 4.90 Å². The molecule has 10 nitrogen and oxygen atoms in total. The molecular weight excluding hydrogens is 386 g/mol. The van der Waals surface area contributed by atoms with Gasteiger partial charge in [0.2, 0.25) is 11.8 Å². The van der Waals surface area contributed by atoms with E-state index in [2.05, 4.69) is 5.32 Å². The van der Waals surface area contributed by atoms with Crippen LogP contribution >= 0.6 is 11.8 Å². The highest BCUT2D eigenvalue weighted by Crippen LogP contribution is 2.41. The molecular formula is C17H19N5O5S. The van der Waals surface area contributed by atoms with Gasteiger partial charge in [-0.2, -0.15) is 0 Å². The van der Waals surface area contributed by atoms with Crippen molar-refractivity contribution in [2.24, 2.45) is 11.6 Å². The molecule has 1 saturated heterocycles. The van der Waals surface area contributed by atoms with Gasteiger partial charge >= 0.3 is 5.97 Å². The van der Waals surface area contributed by atoms with Crippen LogP contribution in [-0.2, 0) is 19.2 Å². The van der Waals surface area contributed by atoms with Crippen LogP contribution in [0, 0.1) is 0 Å². The summed E-state index contributed by atoms with van der Waals surface area (Å²) in [5, 5.41) is 11.5. The zero-order chi connectivity index (χ0) is 20.4. The first-order valence-corrected chi connectivity index (χ1v) is 9.40. The molecule has 3 amide bonds. The first-order valence-electron chi connectivity index (χ1n) is 8.35. The number of carbonyl (C=O) groups excluding carboxylic acids is 3. The Balaban J connectivity index is 1.74. The lowest BCUT2D eigenvalue weighted by atomic mass is 10.00. The van der Waals surface area contributed by atoms with Gasteiger partial charge in [-0.1, -0.05) is 30.3 Å². The van der Waals surface area contributed by atoms with Crippen LogP contribution in [0.1, 0.15) is 18.0 Å². The number of nitrogens with zero attached hydrogens (tertiary/aromatic N) is 1. The lowest BCUT2D eigenvalue weighted by Gasteiger charge is -2.49. The summed E-state index contributed by atoms with van der Waals surface area (Å²) >= 11 is 1.26. The van der Waals surface area contributed by atoms with E-state index in [0.29, 0.717) is 5.56 Å². The number of hydrogen-bond acceptors (Lipinski definition) is 7. The zero-order valence-corrected chi connectivity index (χ0v) is 15.4. The Morgan fingerprint density at radius 2 is 1.96 bits per heavy atom. The minimum atomic E-state index is -1.32. The number of carboxylic acid groups (broad SMARTS) is 1. The van der Waals surface area contributed by atoms with Crippen LogP contribution in [0.25, 0.3) is 0 Å². The first kappa shape index (κ1) is 19.9. The van der Waals surface area contributed by atoms with E-state index in [9.17, 15) is 24.3 Å². The van der Waals surface area contributed by atoms with Gasteiger partial charge in [-0.25, -0.2) is 10.6 Å². The number of β-lactam (4-membered cyclic amide) rings is 1. The molecule has 0 bridgehead atoms. The summed E-state index contributed by atoms with van der Waals surface area (Å²) in [5.41, 5.74) is 8.53. The average Bonchev–Trinajstić information content (AvgIpc) is 2.71. The molecule has 148 valence electrons. The molecule has 2 aliphatic rings. The number of rotatable bonds is 6. The number of carboxylic acids is 1. The van der Waals surface area contributed by atoms with E-state index < -0.39 is 41.1 Å². The van der Waals surface area contributed by atoms with Gasteiger partial charge in [0.05, 0.1) is 6.42 Å². The fraction of sp³-hybridized carbons (Fsp3) is 0.294. The maximum atomic E-state index is 12.5. The van der Waals surface area contributed by atoms with Gasteiger partial charge in [0, 0.05) is 5.75 Å². The number of amides is 3. The van der Waals surface area contributed by atoms with Crippen LogP contribution in [0.4, 0.5) is 0 Å². The van der Waals surface area contributed by atoms with Crippen molar-refractivity contribution < 1.29 is 24.3 Å². The van der Waals surface area contributed by atoms with Gasteiger partial charge in [0.15, 0.2) is 0 Å². The normalized spacial score (nSPS) is 22.1. The van der Waals surface area contributed by atoms with Crippen molar-refractivity contribution in [1.29, 1.82) is 0 Å². The molecule has 1 aromatic rings. The highest BCUT2D eigenvalue weighted by atomic mass is 32.2. The molecule has 3 atom stereocenters. The summed E-state index contributed by atoms with van der Waals surface area (Å²) < 4.78 is 0. The molecule has 28 heavy (non-hydrogen) atoms. The third-order valence-corrected chi connectivity index (χ3v) is 5.86. The largest absolute Gasteiger partial charge is 0.477 e. The predicted molar refractivity (Wildman–Crippen MR) is 100 cm³/mol. The van der Waals surface area contributed by atoms with Crippen LogP contribution < -0.4 is 22.3 Å². The summed E-state index contributed by atoms with van der Waals surface area (Å²) in [5.74, 6) is 2.31. The Kier molecular flexibility index (Phi) is 5.68. The minimum absolute atomic E-state index is 0.223. The second-order valence-corrected chi connectivity index (χ2v) is 7.39. The Morgan fingerprint density at radius 3 is 2.57 bits per heavy atom. The van der Waals surface area contributed by atoms with E-state index in [1.54, 1.807) is 30.3 Å². The SMILES string of the molecule is NNC(=O)CC1=C(C(=O)O)N2C(=O)[C@@H](NC(=O)[C@@H](N)c3ccccc3)[C@@H]2SC1. The third-order valence-electron chi connectivity index (χ3n) is 4.52. The standard InChI is InChI=1S/C17H19N5O5S/c18-11(8-4-2-1-3-5-8)14(24)20-12-15(25)22-13(17(26)27)9(6-10(23)21-19)7-28-16(12)22/h1-5,11-12,16H,6-7,18-19H2,(H,20,24)(H,21,23)(H,26,27)/t11-,12+,16-/m0/s1. The summed E-state index contributed by atoms with van der Waals surface area (Å²) in [7, 11) is 0. The highest BCUT2D eigenvalue weighted by Gasteiger charge is 2.54. The lowest BCUT2D eigenvalue weighted by molar-refractivity contribution is -0.151. The summed E-state index contributed by atoms with van der Waals surface area (Å²) in [4.78, 5) is 49.2. The van der Waals surface area contributed by atoms with Crippen molar-refractivity contribution in [2.75, 3.05) is 5.75 Å². The number of carbonyl (C=O) groups is 4. The molecule has 7 N–H and O–H groups in total. The van der Waals surface area contributed by atoms with Gasteiger partial charge in [0.25, 0.3) is 5.91 Å². The van der Waals surface area contributed by atoms with E-state index in [1.165, 1.54) is 11.8 Å². The zero-order valence-electron chi connectivity index (χ0n) is 14.6. The van der Waals surface area contributed by atoms with Gasteiger partial charge in [-0.3, -0.25) is 24.7 Å². The van der Waals surface area contributed by atoms with Crippen molar-refractivity contribution in [3.05, 3.63) is 47.2 Å². The van der Waals surface area contributed by atoms with E-state index in [4.69, 9.17) is 11.6 Å². The number of hydrazine groups is 1. The van der Waals surface area contributed by atoms with E-state index in [1.807, 2.05) is 5.43 Å². The number of thioether (sulfide) groups is 1. The molecule has 0 unspecified atom stereocenters. The second kappa shape index (κ2) is 8.00. The number of fused-ring (bicyclic) bond motifs is 1. The lowest BCUT2D eigenvalue weighted by Crippen LogP contribution is -2.71. The molecule has 0 radical (unpaired) electrons. The Labute approximate surface area is 164 Å². The first-order chi connectivity index (χ1) is 13.3. The van der Waals surface area contributed by atoms with Crippen molar-refractivity contribution >= 4 is 35.5 Å². The quantitative estimate of drug-likeness (QED) is 0.170. The Bertz CT molecular complexity index is 859. The molecule has 0 aliphatic carbocycles. The predicted octanol–water partition coefficient (Wildman–Crippen LogP) is -1.19. The van der Waals surface area contributed by atoms with Crippen LogP contribution in [-0.4, -0.2) is 50.9 Å². The Hall–Kier alpha value is -2.89. The molecule has 2 heterocycles. The smallest absolute Gasteiger partial charge is 0.352 e. The van der Waals surface area contributed by atoms with Crippen LogP contribution in [0.15, 0.2) is 41.6 Å². The molecule has 11 heteroatoms. The molecule has 1 aromatic carbocycles. The monoisotopic (exact) mass is 405 g/mol. The third kappa shape index (κ3) is 3.59. The number of nitrogens with two attached hydrogens (primary N) is 2. The van der Waals surface area contributed by atoms with Gasteiger partial charge in [0.1, 0.15) is 23.2 Å². The van der Waals surface area contributed by atoms with E-state index in [-0.39, 0.29) is 23.4 Å². The van der Waals surface area contributed by atoms with E-state index >= 15 is 0 Å². The summed E-state index contributed by atoms with van der Waals surface area (Å²) in [6.45, 7) is 0. The molecule has 1 fully saturated rings. The average molecular weight is 405 g/mol. The maximum Gasteiger partial charge on any atom is 0.352 e. The molecule has 3 rings (SSSR count). The summed E-state index contributed by atoms with van der Waals surface area (Å²) in [6, 6.07) is 6.87. The second-order valence-electron chi connectivity index (χ2n) is 6.29. The van der Waals surface area contributed by atoms with Crippen molar-refractivity contribution in [2.45, 2.75) is 23.9 Å². The highest BCUT2D eigenvalue weighted by molar-refractivity contribution is 8.00. The minimum Gasteiger partial charge on any atom is -0.477 e. The maximum absolute atomic E-state index is 12.5. The topological polar surface area (TPSA) is 168 Å². The number of benzene rings is 1. The number of aliphatic carboxylic acids is 1.